The zero-order valence-electron chi connectivity index (χ0n) is 9.87. The lowest BCUT2D eigenvalue weighted by Gasteiger charge is -2.14. The lowest BCUT2D eigenvalue weighted by atomic mass is 10.3. The molecule has 1 aromatic rings. The van der Waals surface area contributed by atoms with Crippen LogP contribution in [0, 0.1) is 0 Å². The lowest BCUT2D eigenvalue weighted by molar-refractivity contribution is -0.168. The summed E-state index contributed by atoms with van der Waals surface area (Å²) in [4.78, 5) is 14.9. The zero-order chi connectivity index (χ0) is 14.5. The Morgan fingerprint density at radius 3 is 2.79 bits per heavy atom. The number of methoxy groups -OCH3 is 1. The third kappa shape index (κ3) is 5.11. The average Bonchev–Trinajstić information content (AvgIpc) is 2.76. The predicted octanol–water partition coefficient (Wildman–Crippen LogP) is 2.28. The number of aromatic nitrogens is 1. The second-order valence-corrected chi connectivity index (χ2v) is 4.48. The Hall–Kier alpha value is -1.22. The highest BCUT2D eigenvalue weighted by atomic mass is 32.1. The molecule has 0 atom stereocenters. The largest absolute Gasteiger partial charge is 0.469 e. The lowest BCUT2D eigenvalue weighted by Crippen LogP contribution is -2.32. The van der Waals surface area contributed by atoms with Crippen molar-refractivity contribution in [2.75, 3.05) is 13.7 Å². The topological polar surface area (TPSA) is 48.4 Å². The number of thiazole rings is 1. The van der Waals surface area contributed by atoms with Crippen molar-refractivity contribution in [1.82, 2.24) is 4.98 Å². The summed E-state index contributed by atoms with van der Waals surface area (Å²) in [6.45, 7) is -1.69. The van der Waals surface area contributed by atoms with Crippen molar-refractivity contribution in [3.63, 3.8) is 0 Å². The third-order valence-electron chi connectivity index (χ3n) is 1.99. The molecule has 0 aliphatic heterocycles. The van der Waals surface area contributed by atoms with E-state index in [2.05, 4.69) is 14.5 Å². The fourth-order valence-corrected chi connectivity index (χ4v) is 1.78. The maximum atomic E-state index is 12.5. The van der Waals surface area contributed by atoms with Crippen molar-refractivity contribution in [3.05, 3.63) is 16.1 Å². The van der Waals surface area contributed by atoms with Crippen molar-refractivity contribution in [3.8, 4) is 0 Å². The van der Waals surface area contributed by atoms with Gasteiger partial charge in [-0.2, -0.15) is 8.78 Å². The zero-order valence-corrected chi connectivity index (χ0v) is 10.7. The maximum Gasteiger partial charge on any atom is 0.330 e. The van der Waals surface area contributed by atoms with E-state index in [4.69, 9.17) is 0 Å². The maximum absolute atomic E-state index is 12.5. The number of alkyl halides is 4. The highest BCUT2D eigenvalue weighted by Crippen LogP contribution is 2.23. The van der Waals surface area contributed by atoms with Crippen molar-refractivity contribution < 1.29 is 31.8 Å². The van der Waals surface area contributed by atoms with Gasteiger partial charge in [0.2, 0.25) is 0 Å². The van der Waals surface area contributed by atoms with Crippen LogP contribution in [0.3, 0.4) is 0 Å². The van der Waals surface area contributed by atoms with Gasteiger partial charge in [-0.05, 0) is 0 Å². The van der Waals surface area contributed by atoms with Gasteiger partial charge >= 0.3 is 18.3 Å². The Bertz CT molecular complexity index is 425. The summed E-state index contributed by atoms with van der Waals surface area (Å²) in [5.74, 6) is -4.66. The van der Waals surface area contributed by atoms with Gasteiger partial charge in [-0.15, -0.1) is 11.3 Å². The standard InChI is InChI=1S/C10H11F4NO3S/c1-17-8(16)2-6-4-19-7(15-6)3-18-5-10(13,14)9(11)12/h4,9H,2-3,5H2,1H3. The van der Waals surface area contributed by atoms with Gasteiger partial charge in [-0.25, -0.2) is 13.8 Å². The van der Waals surface area contributed by atoms with E-state index < -0.39 is 24.9 Å². The number of hydrogen-bond acceptors (Lipinski definition) is 5. The smallest absolute Gasteiger partial charge is 0.330 e. The molecule has 108 valence electrons. The molecule has 0 spiro atoms. The van der Waals surface area contributed by atoms with Crippen LogP contribution in [0.2, 0.25) is 0 Å². The Labute approximate surface area is 110 Å². The Kier molecular flexibility index (Phi) is 5.67. The number of carbonyl (C=O) groups excluding carboxylic acids is 1. The van der Waals surface area contributed by atoms with Crippen LogP contribution in [-0.4, -0.2) is 37.0 Å². The molecule has 0 saturated carbocycles. The van der Waals surface area contributed by atoms with E-state index in [0.717, 1.165) is 11.3 Å². The molecule has 0 saturated heterocycles. The van der Waals surface area contributed by atoms with Gasteiger partial charge in [0.05, 0.1) is 25.8 Å². The third-order valence-corrected chi connectivity index (χ3v) is 2.86. The first-order chi connectivity index (χ1) is 8.85. The van der Waals surface area contributed by atoms with Gasteiger partial charge in [-0.3, -0.25) is 4.79 Å². The van der Waals surface area contributed by atoms with Gasteiger partial charge in [0.25, 0.3) is 0 Å². The van der Waals surface area contributed by atoms with Gasteiger partial charge in [0.15, 0.2) is 0 Å². The molecular formula is C10H11F4NO3S. The first-order valence-electron chi connectivity index (χ1n) is 5.09. The molecule has 9 heteroatoms. The van der Waals surface area contributed by atoms with Gasteiger partial charge in [-0.1, -0.05) is 0 Å². The number of halogens is 4. The Morgan fingerprint density at radius 2 is 2.21 bits per heavy atom. The molecule has 0 radical (unpaired) electrons. The van der Waals surface area contributed by atoms with Crippen LogP contribution in [-0.2, 0) is 27.3 Å². The van der Waals surface area contributed by atoms with Gasteiger partial charge in [0, 0.05) is 5.38 Å². The second kappa shape index (κ2) is 6.80. The summed E-state index contributed by atoms with van der Waals surface area (Å²) < 4.78 is 57.6. The fraction of sp³-hybridized carbons (Fsp3) is 0.600. The van der Waals surface area contributed by atoms with Crippen LogP contribution < -0.4 is 0 Å². The number of esters is 1. The van der Waals surface area contributed by atoms with E-state index in [0.29, 0.717) is 10.7 Å². The second-order valence-electron chi connectivity index (χ2n) is 3.54. The molecule has 0 N–H and O–H groups in total. The van der Waals surface area contributed by atoms with E-state index in [9.17, 15) is 22.4 Å². The molecule has 0 aliphatic carbocycles. The van der Waals surface area contributed by atoms with Crippen LogP contribution in [0.25, 0.3) is 0 Å². The molecule has 19 heavy (non-hydrogen) atoms. The summed E-state index contributed by atoms with van der Waals surface area (Å²) in [5.41, 5.74) is 0.413. The van der Waals surface area contributed by atoms with Crippen LogP contribution in [0.5, 0.6) is 0 Å². The Balaban J connectivity index is 2.40. The van der Waals surface area contributed by atoms with Crippen molar-refractivity contribution >= 4 is 17.3 Å². The summed E-state index contributed by atoms with van der Waals surface area (Å²) >= 11 is 1.08. The molecule has 0 aromatic carbocycles. The molecular weight excluding hydrogens is 290 g/mol. The molecule has 0 unspecified atom stereocenters. The molecule has 0 bridgehead atoms. The Morgan fingerprint density at radius 1 is 1.53 bits per heavy atom. The molecule has 0 aliphatic rings. The number of ether oxygens (including phenoxy) is 2. The minimum Gasteiger partial charge on any atom is -0.469 e. The van der Waals surface area contributed by atoms with Crippen molar-refractivity contribution in [2.24, 2.45) is 0 Å². The first-order valence-corrected chi connectivity index (χ1v) is 5.97. The van der Waals surface area contributed by atoms with E-state index in [-0.39, 0.29) is 13.0 Å². The van der Waals surface area contributed by atoms with Gasteiger partial charge in [0.1, 0.15) is 11.6 Å². The van der Waals surface area contributed by atoms with Crippen LogP contribution in [0.4, 0.5) is 17.6 Å². The molecule has 0 amide bonds. The van der Waals surface area contributed by atoms with Crippen molar-refractivity contribution in [1.29, 1.82) is 0 Å². The summed E-state index contributed by atoms with van der Waals surface area (Å²) in [6, 6.07) is 0. The monoisotopic (exact) mass is 301 g/mol. The van der Waals surface area contributed by atoms with E-state index in [1.54, 1.807) is 5.38 Å². The number of hydrogen-bond donors (Lipinski definition) is 0. The molecule has 4 nitrogen and oxygen atoms in total. The molecule has 0 fully saturated rings. The summed E-state index contributed by atoms with van der Waals surface area (Å²) in [6.07, 6.45) is -3.81. The molecule has 1 heterocycles. The quantitative estimate of drug-likeness (QED) is 0.572. The van der Waals surface area contributed by atoms with Crippen LogP contribution >= 0.6 is 11.3 Å². The number of nitrogens with zero attached hydrogens (tertiary/aromatic N) is 1. The number of carbonyl (C=O) groups is 1. The van der Waals surface area contributed by atoms with Crippen molar-refractivity contribution in [2.45, 2.75) is 25.4 Å². The van der Waals surface area contributed by atoms with E-state index >= 15 is 0 Å². The van der Waals surface area contributed by atoms with Crippen LogP contribution in [0.1, 0.15) is 10.7 Å². The molecule has 1 rings (SSSR count). The first kappa shape index (κ1) is 15.8. The summed E-state index contributed by atoms with van der Waals surface area (Å²) in [7, 11) is 1.23. The predicted molar refractivity (Wildman–Crippen MR) is 58.4 cm³/mol. The minimum atomic E-state index is -4.17. The average molecular weight is 301 g/mol. The minimum absolute atomic E-state index is 0.0415. The van der Waals surface area contributed by atoms with E-state index in [1.807, 2.05) is 0 Å². The fourth-order valence-electron chi connectivity index (χ4n) is 1.05. The van der Waals surface area contributed by atoms with Crippen LogP contribution in [0.15, 0.2) is 5.38 Å². The normalized spacial score (nSPS) is 11.9. The molecule has 1 aromatic heterocycles. The van der Waals surface area contributed by atoms with E-state index in [1.165, 1.54) is 7.11 Å². The highest BCUT2D eigenvalue weighted by molar-refractivity contribution is 7.09. The highest BCUT2D eigenvalue weighted by Gasteiger charge is 2.40. The summed E-state index contributed by atoms with van der Waals surface area (Å²) in [5, 5.41) is 1.87. The SMILES string of the molecule is COC(=O)Cc1csc(COCC(F)(F)C(F)F)n1. The van der Waals surface area contributed by atoms with Gasteiger partial charge < -0.3 is 9.47 Å². The number of rotatable bonds is 7.